The van der Waals surface area contributed by atoms with E-state index in [-0.39, 0.29) is 23.8 Å². The molecule has 3 heterocycles. The van der Waals surface area contributed by atoms with Gasteiger partial charge in [0.25, 0.3) is 5.56 Å². The van der Waals surface area contributed by atoms with Crippen molar-refractivity contribution >= 4 is 44.1 Å². The zero-order chi connectivity index (χ0) is 16.1. The molecule has 1 aromatic carbocycles. The summed E-state index contributed by atoms with van der Waals surface area (Å²) in [4.78, 5) is 31.5. The molecule has 2 aromatic heterocycles. The summed E-state index contributed by atoms with van der Waals surface area (Å²) >= 11 is 7.60. The van der Waals surface area contributed by atoms with E-state index in [9.17, 15) is 9.59 Å². The standard InChI is InChI=1S/C16H12ClN3O2S/c1-7-18-13-12-9(8-4-2-3-5-10(8)17)6-11(21)20-16(12)23-14(13)15(22)19-7/h2-5,9H,6H2,1H3,(H,20,21)(H,18,19,22)/t9-/m1/s1. The molecule has 7 heteroatoms. The van der Waals surface area contributed by atoms with Crippen LogP contribution < -0.4 is 10.9 Å². The molecule has 3 aromatic rings. The minimum atomic E-state index is -0.199. The van der Waals surface area contributed by atoms with E-state index < -0.39 is 0 Å². The smallest absolute Gasteiger partial charge is 0.268 e. The Kier molecular flexibility index (Phi) is 3.25. The molecule has 0 radical (unpaired) electrons. The molecule has 1 amide bonds. The summed E-state index contributed by atoms with van der Waals surface area (Å²) in [6.07, 6.45) is 0.288. The Morgan fingerprint density at radius 3 is 2.87 bits per heavy atom. The normalized spacial score (nSPS) is 17.1. The van der Waals surface area contributed by atoms with Gasteiger partial charge in [-0.2, -0.15) is 0 Å². The van der Waals surface area contributed by atoms with Gasteiger partial charge in [0.15, 0.2) is 0 Å². The molecule has 0 spiro atoms. The Morgan fingerprint density at radius 1 is 1.30 bits per heavy atom. The van der Waals surface area contributed by atoms with E-state index in [1.807, 2.05) is 24.3 Å². The molecule has 0 saturated carbocycles. The van der Waals surface area contributed by atoms with Crippen molar-refractivity contribution < 1.29 is 4.79 Å². The number of nitrogens with zero attached hydrogens (tertiary/aromatic N) is 1. The Hall–Kier alpha value is -2.18. The maximum Gasteiger partial charge on any atom is 0.268 e. The number of amides is 1. The van der Waals surface area contributed by atoms with Gasteiger partial charge in [0, 0.05) is 22.9 Å². The second kappa shape index (κ2) is 5.18. The summed E-state index contributed by atoms with van der Waals surface area (Å²) in [6, 6.07) is 7.48. The van der Waals surface area contributed by atoms with Crippen molar-refractivity contribution in [3.63, 3.8) is 0 Å². The van der Waals surface area contributed by atoms with Gasteiger partial charge in [-0.15, -0.1) is 11.3 Å². The number of aromatic nitrogens is 2. The van der Waals surface area contributed by atoms with Crippen molar-refractivity contribution in [2.45, 2.75) is 19.3 Å². The van der Waals surface area contributed by atoms with Crippen LogP contribution in [0, 0.1) is 6.92 Å². The van der Waals surface area contributed by atoms with E-state index in [0.29, 0.717) is 26.1 Å². The first-order chi connectivity index (χ1) is 11.0. The fraction of sp³-hybridized carbons (Fsp3) is 0.188. The number of fused-ring (bicyclic) bond motifs is 3. The number of thiophene rings is 1. The van der Waals surface area contributed by atoms with Gasteiger partial charge in [-0.25, -0.2) is 4.98 Å². The topological polar surface area (TPSA) is 74.8 Å². The third kappa shape index (κ3) is 2.26. The Balaban J connectivity index is 2.04. The number of benzene rings is 1. The minimum absolute atomic E-state index is 0.0814. The first-order valence-corrected chi connectivity index (χ1v) is 8.31. The van der Waals surface area contributed by atoms with Crippen LogP contribution in [0.5, 0.6) is 0 Å². The first-order valence-electron chi connectivity index (χ1n) is 7.12. The highest BCUT2D eigenvalue weighted by atomic mass is 35.5. The first kappa shape index (κ1) is 14.4. The molecule has 0 unspecified atom stereocenters. The molecule has 0 bridgehead atoms. The molecule has 23 heavy (non-hydrogen) atoms. The molecule has 4 rings (SSSR count). The number of carbonyl (C=O) groups excluding carboxylic acids is 1. The SMILES string of the molecule is Cc1nc2c3c(sc2c(=O)[nH]1)NC(=O)C[C@@H]3c1ccccc1Cl. The maximum absolute atomic E-state index is 12.2. The lowest BCUT2D eigenvalue weighted by Crippen LogP contribution is -2.22. The predicted octanol–water partition coefficient (Wildman–Crippen LogP) is 3.42. The van der Waals surface area contributed by atoms with Crippen molar-refractivity contribution in [2.75, 3.05) is 5.32 Å². The lowest BCUT2D eigenvalue weighted by atomic mass is 9.86. The number of H-pyrrole nitrogens is 1. The van der Waals surface area contributed by atoms with Crippen LogP contribution >= 0.6 is 22.9 Å². The van der Waals surface area contributed by atoms with E-state index >= 15 is 0 Å². The highest BCUT2D eigenvalue weighted by molar-refractivity contribution is 7.23. The molecule has 1 aliphatic heterocycles. The molecule has 0 fully saturated rings. The van der Waals surface area contributed by atoms with Crippen molar-refractivity contribution in [1.82, 2.24) is 9.97 Å². The zero-order valence-corrected chi connectivity index (χ0v) is 13.7. The number of aryl methyl sites for hydroxylation is 1. The van der Waals surface area contributed by atoms with E-state index in [2.05, 4.69) is 15.3 Å². The molecule has 0 saturated heterocycles. The van der Waals surface area contributed by atoms with Crippen LogP contribution in [0.25, 0.3) is 10.2 Å². The largest absolute Gasteiger partial charge is 0.317 e. The fourth-order valence-electron chi connectivity index (χ4n) is 3.02. The average molecular weight is 346 g/mol. The second-order valence-corrected chi connectivity index (χ2v) is 6.93. The Morgan fingerprint density at radius 2 is 2.09 bits per heavy atom. The third-order valence-electron chi connectivity index (χ3n) is 3.97. The monoisotopic (exact) mass is 345 g/mol. The number of aromatic amines is 1. The van der Waals surface area contributed by atoms with E-state index in [1.165, 1.54) is 11.3 Å². The summed E-state index contributed by atoms with van der Waals surface area (Å²) in [5.74, 6) is 0.273. The van der Waals surface area contributed by atoms with Gasteiger partial charge in [0.05, 0.1) is 5.52 Å². The summed E-state index contributed by atoms with van der Waals surface area (Å²) in [7, 11) is 0. The lowest BCUT2D eigenvalue weighted by Gasteiger charge is -2.24. The van der Waals surface area contributed by atoms with Gasteiger partial charge < -0.3 is 10.3 Å². The minimum Gasteiger partial charge on any atom is -0.317 e. The number of hydrogen-bond acceptors (Lipinski definition) is 4. The molecule has 1 aliphatic rings. The van der Waals surface area contributed by atoms with Crippen molar-refractivity contribution in [3.05, 3.63) is 56.6 Å². The Bertz CT molecular complexity index is 1010. The molecular weight excluding hydrogens is 334 g/mol. The quantitative estimate of drug-likeness (QED) is 0.709. The van der Waals surface area contributed by atoms with Gasteiger partial charge in [-0.05, 0) is 18.6 Å². The van der Waals surface area contributed by atoms with Crippen molar-refractivity contribution in [2.24, 2.45) is 0 Å². The van der Waals surface area contributed by atoms with Crippen molar-refractivity contribution in [1.29, 1.82) is 0 Å². The molecule has 1 atom stereocenters. The molecule has 5 nitrogen and oxygen atoms in total. The maximum atomic E-state index is 12.2. The van der Waals surface area contributed by atoms with Gasteiger partial charge in [-0.3, -0.25) is 9.59 Å². The molecular formula is C16H12ClN3O2S. The molecule has 0 aliphatic carbocycles. The van der Waals surface area contributed by atoms with Gasteiger partial charge in [-0.1, -0.05) is 29.8 Å². The van der Waals surface area contributed by atoms with Gasteiger partial charge in [0.2, 0.25) is 5.91 Å². The summed E-state index contributed by atoms with van der Waals surface area (Å²) < 4.78 is 0.528. The highest BCUT2D eigenvalue weighted by Crippen LogP contribution is 2.46. The molecule has 116 valence electrons. The van der Waals surface area contributed by atoms with E-state index in [4.69, 9.17) is 11.6 Å². The van der Waals surface area contributed by atoms with E-state index in [1.54, 1.807) is 6.92 Å². The van der Waals surface area contributed by atoms with Crippen LogP contribution in [-0.2, 0) is 4.79 Å². The number of halogens is 1. The fourth-order valence-corrected chi connectivity index (χ4v) is 4.40. The van der Waals surface area contributed by atoms with Crippen LogP contribution in [0.3, 0.4) is 0 Å². The number of nitrogens with one attached hydrogen (secondary N) is 2. The summed E-state index contributed by atoms with van der Waals surface area (Å²) in [6.45, 7) is 1.75. The molecule has 2 N–H and O–H groups in total. The highest BCUT2D eigenvalue weighted by Gasteiger charge is 2.32. The number of carbonyl (C=O) groups is 1. The predicted molar refractivity (Wildman–Crippen MR) is 91.5 cm³/mol. The van der Waals surface area contributed by atoms with Crippen LogP contribution in [0.4, 0.5) is 5.00 Å². The van der Waals surface area contributed by atoms with E-state index in [0.717, 1.165) is 11.1 Å². The number of hydrogen-bond donors (Lipinski definition) is 2. The van der Waals surface area contributed by atoms with Gasteiger partial charge in [0.1, 0.15) is 15.5 Å². The summed E-state index contributed by atoms with van der Waals surface area (Å²) in [5.41, 5.74) is 2.23. The van der Waals surface area contributed by atoms with Crippen LogP contribution in [0.15, 0.2) is 29.1 Å². The Labute approximate surface area is 140 Å². The number of rotatable bonds is 1. The van der Waals surface area contributed by atoms with Crippen molar-refractivity contribution in [3.8, 4) is 0 Å². The van der Waals surface area contributed by atoms with Gasteiger partial charge >= 0.3 is 0 Å². The van der Waals surface area contributed by atoms with Crippen LogP contribution in [0.1, 0.15) is 29.3 Å². The average Bonchev–Trinajstić information content (AvgIpc) is 2.85. The second-order valence-electron chi connectivity index (χ2n) is 5.50. The zero-order valence-electron chi connectivity index (χ0n) is 12.1. The summed E-state index contributed by atoms with van der Waals surface area (Å²) in [5, 5.41) is 4.15. The lowest BCUT2D eigenvalue weighted by molar-refractivity contribution is -0.116. The van der Waals surface area contributed by atoms with Crippen LogP contribution in [-0.4, -0.2) is 15.9 Å². The number of anilines is 1. The third-order valence-corrected chi connectivity index (χ3v) is 5.42. The van der Waals surface area contributed by atoms with Crippen LogP contribution in [0.2, 0.25) is 5.02 Å².